The summed E-state index contributed by atoms with van der Waals surface area (Å²) in [5, 5.41) is -0.224. The topological polar surface area (TPSA) is 60.2 Å². The molecule has 0 bridgehead atoms. The van der Waals surface area contributed by atoms with Crippen LogP contribution in [0.2, 0.25) is 0 Å². The van der Waals surface area contributed by atoms with E-state index in [4.69, 9.17) is 4.42 Å². The molecule has 0 amide bonds. The van der Waals surface area contributed by atoms with Crippen LogP contribution < -0.4 is 0 Å². The summed E-state index contributed by atoms with van der Waals surface area (Å²) in [6.45, 7) is 3.82. The SMILES string of the molecule is Cc1ccc(C)c(CS(=O)(=O)c2ncco2)c1. The fraction of sp³-hybridized carbons (Fsp3) is 0.250. The quantitative estimate of drug-likeness (QED) is 0.839. The molecule has 0 fully saturated rings. The van der Waals surface area contributed by atoms with E-state index in [1.165, 1.54) is 12.5 Å². The Balaban J connectivity index is 2.36. The molecule has 4 nitrogen and oxygen atoms in total. The van der Waals surface area contributed by atoms with Crippen molar-refractivity contribution in [2.24, 2.45) is 0 Å². The second kappa shape index (κ2) is 4.33. The van der Waals surface area contributed by atoms with Crippen LogP contribution in [0.3, 0.4) is 0 Å². The average Bonchev–Trinajstić information content (AvgIpc) is 2.77. The molecule has 0 radical (unpaired) electrons. The first-order valence-corrected chi connectivity index (χ1v) is 6.82. The van der Waals surface area contributed by atoms with Crippen LogP contribution in [-0.2, 0) is 15.6 Å². The summed E-state index contributed by atoms with van der Waals surface area (Å²) in [6.07, 6.45) is 2.59. The molecule has 0 N–H and O–H groups in total. The number of benzene rings is 1. The van der Waals surface area contributed by atoms with Crippen LogP contribution in [0.25, 0.3) is 0 Å². The van der Waals surface area contributed by atoms with Gasteiger partial charge in [0.2, 0.25) is 9.84 Å². The maximum atomic E-state index is 12.0. The first-order chi connectivity index (χ1) is 7.99. The molecule has 0 atom stereocenters. The fourth-order valence-corrected chi connectivity index (χ4v) is 2.85. The molecule has 90 valence electrons. The Labute approximate surface area is 100 Å². The Kier molecular flexibility index (Phi) is 3.02. The highest BCUT2D eigenvalue weighted by Gasteiger charge is 2.21. The van der Waals surface area contributed by atoms with Gasteiger partial charge in [-0.25, -0.2) is 13.4 Å². The van der Waals surface area contributed by atoms with Gasteiger partial charge in [0.05, 0.1) is 11.9 Å². The lowest BCUT2D eigenvalue weighted by atomic mass is 10.1. The third kappa shape index (κ3) is 2.55. The van der Waals surface area contributed by atoms with Crippen LogP contribution >= 0.6 is 0 Å². The zero-order chi connectivity index (χ0) is 12.5. The van der Waals surface area contributed by atoms with Gasteiger partial charge in [-0.15, -0.1) is 0 Å². The molecular weight excluding hydrogens is 238 g/mol. The Hall–Kier alpha value is -1.62. The number of hydrogen-bond acceptors (Lipinski definition) is 4. The van der Waals surface area contributed by atoms with Crippen LogP contribution in [-0.4, -0.2) is 13.4 Å². The third-order valence-electron chi connectivity index (χ3n) is 2.53. The predicted octanol–water partition coefficient (Wildman–Crippen LogP) is 2.27. The zero-order valence-electron chi connectivity index (χ0n) is 9.67. The molecule has 0 aliphatic carbocycles. The molecule has 1 aromatic heterocycles. The lowest BCUT2D eigenvalue weighted by molar-refractivity contribution is 0.429. The average molecular weight is 251 g/mol. The second-order valence-corrected chi connectivity index (χ2v) is 5.85. The van der Waals surface area contributed by atoms with Gasteiger partial charge in [0, 0.05) is 0 Å². The molecule has 0 aliphatic rings. The van der Waals surface area contributed by atoms with Crippen molar-refractivity contribution in [1.82, 2.24) is 4.98 Å². The van der Waals surface area contributed by atoms with Gasteiger partial charge in [-0.3, -0.25) is 0 Å². The van der Waals surface area contributed by atoms with Crippen molar-refractivity contribution >= 4 is 9.84 Å². The maximum absolute atomic E-state index is 12.0. The van der Waals surface area contributed by atoms with Gasteiger partial charge in [0.1, 0.15) is 6.26 Å². The van der Waals surface area contributed by atoms with Crippen molar-refractivity contribution in [3.8, 4) is 0 Å². The van der Waals surface area contributed by atoms with Crippen LogP contribution in [0.1, 0.15) is 16.7 Å². The normalized spacial score (nSPS) is 11.6. The minimum Gasteiger partial charge on any atom is -0.437 e. The molecule has 2 rings (SSSR count). The minimum absolute atomic E-state index is 0.0823. The monoisotopic (exact) mass is 251 g/mol. The Morgan fingerprint density at radius 2 is 2.06 bits per heavy atom. The number of sulfone groups is 1. The van der Waals surface area contributed by atoms with E-state index in [1.807, 2.05) is 32.0 Å². The summed E-state index contributed by atoms with van der Waals surface area (Å²) in [7, 11) is -3.49. The van der Waals surface area contributed by atoms with E-state index in [2.05, 4.69) is 4.98 Å². The molecule has 0 spiro atoms. The number of hydrogen-bond donors (Lipinski definition) is 0. The van der Waals surface area contributed by atoms with Gasteiger partial charge in [-0.05, 0) is 25.0 Å². The van der Waals surface area contributed by atoms with Crippen LogP contribution in [0.4, 0.5) is 0 Å². The van der Waals surface area contributed by atoms with E-state index in [-0.39, 0.29) is 11.0 Å². The fourth-order valence-electron chi connectivity index (χ4n) is 1.59. The zero-order valence-corrected chi connectivity index (χ0v) is 10.5. The lowest BCUT2D eigenvalue weighted by Gasteiger charge is -2.06. The van der Waals surface area contributed by atoms with Gasteiger partial charge in [0.15, 0.2) is 0 Å². The highest BCUT2D eigenvalue weighted by Crippen LogP contribution is 2.18. The first-order valence-electron chi connectivity index (χ1n) is 5.17. The largest absolute Gasteiger partial charge is 0.437 e. The Morgan fingerprint density at radius 1 is 1.29 bits per heavy atom. The van der Waals surface area contributed by atoms with E-state index in [9.17, 15) is 8.42 Å². The summed E-state index contributed by atoms with van der Waals surface area (Å²) >= 11 is 0. The number of oxazole rings is 1. The summed E-state index contributed by atoms with van der Waals surface area (Å²) in [5.74, 6) is -0.0823. The molecule has 2 aromatic rings. The van der Waals surface area contributed by atoms with Crippen molar-refractivity contribution in [2.45, 2.75) is 24.8 Å². The highest BCUT2D eigenvalue weighted by atomic mass is 32.2. The van der Waals surface area contributed by atoms with Gasteiger partial charge in [0.25, 0.3) is 0 Å². The van der Waals surface area contributed by atoms with E-state index in [0.717, 1.165) is 16.7 Å². The van der Waals surface area contributed by atoms with E-state index in [0.29, 0.717) is 0 Å². The molecule has 1 aromatic carbocycles. The molecule has 1 heterocycles. The number of rotatable bonds is 3. The van der Waals surface area contributed by atoms with E-state index < -0.39 is 9.84 Å². The molecule has 0 saturated carbocycles. The van der Waals surface area contributed by atoms with Crippen LogP contribution in [0, 0.1) is 13.8 Å². The van der Waals surface area contributed by atoms with Crippen molar-refractivity contribution in [3.63, 3.8) is 0 Å². The van der Waals surface area contributed by atoms with E-state index >= 15 is 0 Å². The Bertz CT molecular complexity index is 615. The number of aryl methyl sites for hydroxylation is 2. The second-order valence-electron chi connectivity index (χ2n) is 3.99. The van der Waals surface area contributed by atoms with E-state index in [1.54, 1.807) is 0 Å². The molecule has 0 unspecified atom stereocenters. The number of aromatic nitrogens is 1. The van der Waals surface area contributed by atoms with Gasteiger partial charge >= 0.3 is 5.22 Å². The van der Waals surface area contributed by atoms with Crippen molar-refractivity contribution < 1.29 is 12.8 Å². The molecule has 17 heavy (non-hydrogen) atoms. The van der Waals surface area contributed by atoms with Gasteiger partial charge < -0.3 is 4.42 Å². The molecule has 0 saturated heterocycles. The van der Waals surface area contributed by atoms with Gasteiger partial charge in [-0.1, -0.05) is 23.8 Å². The third-order valence-corrected chi connectivity index (χ3v) is 3.95. The first kappa shape index (κ1) is 11.9. The number of nitrogens with zero attached hydrogens (tertiary/aromatic N) is 1. The molecule has 0 aliphatic heterocycles. The van der Waals surface area contributed by atoms with Crippen molar-refractivity contribution in [2.75, 3.05) is 0 Å². The molecule has 5 heteroatoms. The molecular formula is C12H13NO3S. The van der Waals surface area contributed by atoms with Gasteiger partial charge in [-0.2, -0.15) is 0 Å². The summed E-state index contributed by atoms with van der Waals surface area (Å²) < 4.78 is 28.8. The predicted molar refractivity (Wildman–Crippen MR) is 63.3 cm³/mol. The standard InChI is InChI=1S/C12H13NO3S/c1-9-3-4-10(2)11(7-9)8-17(14,15)12-13-5-6-16-12/h3-7H,8H2,1-2H3. The maximum Gasteiger partial charge on any atom is 0.315 e. The van der Waals surface area contributed by atoms with Crippen molar-refractivity contribution in [1.29, 1.82) is 0 Å². The van der Waals surface area contributed by atoms with Crippen LogP contribution in [0.5, 0.6) is 0 Å². The summed E-state index contributed by atoms with van der Waals surface area (Å²) in [6, 6.07) is 5.74. The smallest absolute Gasteiger partial charge is 0.315 e. The summed E-state index contributed by atoms with van der Waals surface area (Å²) in [4.78, 5) is 3.68. The van der Waals surface area contributed by atoms with Crippen LogP contribution in [0.15, 0.2) is 40.3 Å². The minimum atomic E-state index is -3.49. The lowest BCUT2D eigenvalue weighted by Crippen LogP contribution is -2.06. The van der Waals surface area contributed by atoms with Crippen molar-refractivity contribution in [3.05, 3.63) is 47.3 Å². The highest BCUT2D eigenvalue weighted by molar-refractivity contribution is 7.90. The Morgan fingerprint density at radius 3 is 2.71 bits per heavy atom. The summed E-state index contributed by atoms with van der Waals surface area (Å²) in [5.41, 5.74) is 2.77.